The predicted octanol–water partition coefficient (Wildman–Crippen LogP) is 3.42. The van der Waals surface area contributed by atoms with Crippen LogP contribution in [0.25, 0.3) is 0 Å². The van der Waals surface area contributed by atoms with Gasteiger partial charge in [-0.1, -0.05) is 12.1 Å². The Bertz CT molecular complexity index is 757. The van der Waals surface area contributed by atoms with Gasteiger partial charge in [-0.05, 0) is 36.4 Å². The van der Waals surface area contributed by atoms with E-state index in [0.717, 1.165) is 6.07 Å². The minimum atomic E-state index is -4.50. The Labute approximate surface area is 148 Å². The molecule has 0 aliphatic carbocycles. The zero-order valence-electron chi connectivity index (χ0n) is 13.7. The molecule has 0 radical (unpaired) electrons. The summed E-state index contributed by atoms with van der Waals surface area (Å²) in [6.07, 6.45) is -5.07. The quantitative estimate of drug-likeness (QED) is 0.871. The van der Waals surface area contributed by atoms with Crippen LogP contribution < -0.4 is 15.4 Å². The summed E-state index contributed by atoms with van der Waals surface area (Å²) in [7, 11) is 0. The number of halogens is 3. The molecule has 1 atom stereocenters. The normalized spacial score (nSPS) is 17.6. The molecule has 0 spiro atoms. The van der Waals surface area contributed by atoms with E-state index < -0.39 is 17.8 Å². The molecule has 1 unspecified atom stereocenters. The number of benzene rings is 2. The lowest BCUT2D eigenvalue weighted by atomic mass is 10.2. The van der Waals surface area contributed by atoms with Crippen molar-refractivity contribution in [1.29, 1.82) is 0 Å². The Morgan fingerprint density at radius 1 is 1.15 bits per heavy atom. The average Bonchev–Trinajstić information content (AvgIpc) is 2.63. The number of alkyl halides is 3. The van der Waals surface area contributed by atoms with Crippen LogP contribution in [-0.4, -0.2) is 31.7 Å². The van der Waals surface area contributed by atoms with Crippen molar-refractivity contribution in [3.8, 4) is 11.5 Å². The second kappa shape index (κ2) is 7.76. The molecular weight excluding hydrogens is 349 g/mol. The molecule has 1 heterocycles. The van der Waals surface area contributed by atoms with E-state index in [1.54, 1.807) is 12.1 Å². The van der Waals surface area contributed by atoms with Crippen LogP contribution in [0, 0.1) is 0 Å². The van der Waals surface area contributed by atoms with E-state index in [-0.39, 0.29) is 17.4 Å². The van der Waals surface area contributed by atoms with E-state index in [4.69, 9.17) is 9.47 Å². The van der Waals surface area contributed by atoms with Crippen molar-refractivity contribution in [2.75, 3.05) is 25.0 Å². The third-order valence-corrected chi connectivity index (χ3v) is 3.76. The molecule has 0 saturated carbocycles. The van der Waals surface area contributed by atoms with Crippen LogP contribution in [0.2, 0.25) is 0 Å². The maximum Gasteiger partial charge on any atom is 0.419 e. The van der Waals surface area contributed by atoms with E-state index in [1.165, 1.54) is 30.3 Å². The number of hydrogen-bond acceptors (Lipinski definition) is 4. The minimum absolute atomic E-state index is 0.232. The zero-order chi connectivity index (χ0) is 18.6. The first-order chi connectivity index (χ1) is 12.4. The third kappa shape index (κ3) is 4.53. The largest absolute Gasteiger partial charge is 0.457 e. The average molecular weight is 366 g/mol. The van der Waals surface area contributed by atoms with Gasteiger partial charge < -0.3 is 20.1 Å². The molecule has 1 amide bonds. The van der Waals surface area contributed by atoms with E-state index in [2.05, 4.69) is 10.6 Å². The monoisotopic (exact) mass is 366 g/mol. The first kappa shape index (κ1) is 18.2. The molecule has 1 saturated heterocycles. The molecule has 1 fully saturated rings. The lowest BCUT2D eigenvalue weighted by molar-refractivity contribution is -0.138. The molecule has 3 rings (SSSR count). The molecule has 2 N–H and O–H groups in total. The van der Waals surface area contributed by atoms with Crippen molar-refractivity contribution in [1.82, 2.24) is 5.32 Å². The predicted molar refractivity (Wildman–Crippen MR) is 89.2 cm³/mol. The minimum Gasteiger partial charge on any atom is -0.457 e. The lowest BCUT2D eigenvalue weighted by Gasteiger charge is -2.22. The van der Waals surface area contributed by atoms with Gasteiger partial charge in [0.05, 0.1) is 12.2 Å². The van der Waals surface area contributed by atoms with Gasteiger partial charge in [-0.25, -0.2) is 0 Å². The number of nitrogens with one attached hydrogen (secondary N) is 2. The highest BCUT2D eigenvalue weighted by Gasteiger charge is 2.34. The van der Waals surface area contributed by atoms with Crippen LogP contribution in [0.15, 0.2) is 48.5 Å². The second-order valence-corrected chi connectivity index (χ2v) is 5.67. The van der Waals surface area contributed by atoms with E-state index >= 15 is 0 Å². The van der Waals surface area contributed by atoms with Crippen molar-refractivity contribution < 1.29 is 27.4 Å². The number of anilines is 1. The number of hydrogen-bond donors (Lipinski definition) is 2. The number of carbonyl (C=O) groups excluding carboxylic acids is 1. The lowest BCUT2D eigenvalue weighted by Crippen LogP contribution is -2.45. The number of para-hydroxylation sites is 1. The van der Waals surface area contributed by atoms with Gasteiger partial charge in [0.15, 0.2) is 0 Å². The molecule has 1 aliphatic heterocycles. The fourth-order valence-electron chi connectivity index (χ4n) is 2.48. The molecule has 0 bridgehead atoms. The van der Waals surface area contributed by atoms with Crippen LogP contribution >= 0.6 is 0 Å². The number of carbonyl (C=O) groups is 1. The topological polar surface area (TPSA) is 59.6 Å². The van der Waals surface area contributed by atoms with E-state index in [0.29, 0.717) is 25.4 Å². The highest BCUT2D eigenvalue weighted by molar-refractivity contribution is 5.94. The summed E-state index contributed by atoms with van der Waals surface area (Å²) >= 11 is 0. The van der Waals surface area contributed by atoms with Crippen molar-refractivity contribution in [3.05, 3.63) is 54.1 Å². The number of ether oxygens (including phenoxy) is 2. The molecule has 5 nitrogen and oxygen atoms in total. The summed E-state index contributed by atoms with van der Waals surface area (Å²) in [5, 5.41) is 5.76. The van der Waals surface area contributed by atoms with Crippen LogP contribution in [0.1, 0.15) is 5.56 Å². The molecular formula is C18H17F3N2O3. The third-order valence-electron chi connectivity index (χ3n) is 3.76. The highest BCUT2D eigenvalue weighted by Crippen LogP contribution is 2.37. The van der Waals surface area contributed by atoms with Gasteiger partial charge in [0.2, 0.25) is 0 Å². The summed E-state index contributed by atoms with van der Waals surface area (Å²) in [6.45, 7) is 1.60. The number of rotatable bonds is 4. The first-order valence-electron chi connectivity index (χ1n) is 8.01. The maximum absolute atomic E-state index is 13.0. The van der Waals surface area contributed by atoms with Crippen molar-refractivity contribution in [2.24, 2.45) is 0 Å². The smallest absolute Gasteiger partial charge is 0.419 e. The summed E-state index contributed by atoms with van der Waals surface area (Å²) < 4.78 is 49.7. The maximum atomic E-state index is 13.0. The summed E-state index contributed by atoms with van der Waals surface area (Å²) in [4.78, 5) is 12.1. The van der Waals surface area contributed by atoms with Gasteiger partial charge in [0.1, 0.15) is 17.6 Å². The Kier molecular flexibility index (Phi) is 5.43. The molecule has 138 valence electrons. The van der Waals surface area contributed by atoms with Gasteiger partial charge in [-0.2, -0.15) is 13.2 Å². The molecule has 26 heavy (non-hydrogen) atoms. The molecule has 1 aliphatic rings. The van der Waals surface area contributed by atoms with Crippen LogP contribution in [0.3, 0.4) is 0 Å². The summed E-state index contributed by atoms with van der Waals surface area (Å²) in [5.74, 6) is -0.331. The van der Waals surface area contributed by atoms with Crippen LogP contribution in [0.5, 0.6) is 11.5 Å². The number of morpholine rings is 1. The van der Waals surface area contributed by atoms with E-state index in [9.17, 15) is 18.0 Å². The van der Waals surface area contributed by atoms with Gasteiger partial charge in [-0.15, -0.1) is 0 Å². The van der Waals surface area contributed by atoms with E-state index in [1.807, 2.05) is 0 Å². The molecule has 2 aromatic carbocycles. The van der Waals surface area contributed by atoms with Crippen molar-refractivity contribution in [3.63, 3.8) is 0 Å². The standard InChI is InChI=1S/C18H17F3N2O3/c19-18(20,21)14-3-1-2-4-15(14)26-13-7-5-12(6-8-13)23-17(24)16-11-22-9-10-25-16/h1-8,16,22H,9-11H2,(H,23,24). The Morgan fingerprint density at radius 3 is 2.54 bits per heavy atom. The Balaban J connectivity index is 1.66. The SMILES string of the molecule is O=C(Nc1ccc(Oc2ccccc2C(F)(F)F)cc1)C1CNCCO1. The summed E-state index contributed by atoms with van der Waals surface area (Å²) in [6, 6.07) is 11.1. The Hall–Kier alpha value is -2.58. The molecule has 2 aromatic rings. The van der Waals surface area contributed by atoms with Gasteiger partial charge in [0.25, 0.3) is 5.91 Å². The van der Waals surface area contributed by atoms with Crippen LogP contribution in [-0.2, 0) is 15.7 Å². The molecule has 0 aromatic heterocycles. The van der Waals surface area contributed by atoms with Gasteiger partial charge in [-0.3, -0.25) is 4.79 Å². The highest BCUT2D eigenvalue weighted by atomic mass is 19.4. The molecule has 8 heteroatoms. The van der Waals surface area contributed by atoms with Crippen LogP contribution in [0.4, 0.5) is 18.9 Å². The fourth-order valence-corrected chi connectivity index (χ4v) is 2.48. The van der Waals surface area contributed by atoms with Crippen molar-refractivity contribution in [2.45, 2.75) is 12.3 Å². The van der Waals surface area contributed by atoms with Gasteiger partial charge >= 0.3 is 6.18 Å². The summed E-state index contributed by atoms with van der Waals surface area (Å²) in [5.41, 5.74) is -0.347. The second-order valence-electron chi connectivity index (χ2n) is 5.67. The fraction of sp³-hybridized carbons (Fsp3) is 0.278. The number of amides is 1. The Morgan fingerprint density at radius 2 is 1.88 bits per heavy atom. The zero-order valence-corrected chi connectivity index (χ0v) is 13.7. The van der Waals surface area contributed by atoms with Gasteiger partial charge in [0, 0.05) is 18.8 Å². The van der Waals surface area contributed by atoms with Crippen molar-refractivity contribution >= 4 is 11.6 Å². The first-order valence-corrected chi connectivity index (χ1v) is 8.01.